The van der Waals surface area contributed by atoms with Gasteiger partial charge in [-0.05, 0) is 49.9 Å². The largest absolute Gasteiger partial charge is 0.480 e. The highest BCUT2D eigenvalue weighted by molar-refractivity contribution is 5.93. The van der Waals surface area contributed by atoms with Crippen molar-refractivity contribution in [3.8, 4) is 0 Å². The molecule has 0 heterocycles. The van der Waals surface area contributed by atoms with E-state index in [0.717, 1.165) is 31.3 Å². The molecule has 0 saturated heterocycles. The second kappa shape index (κ2) is 3.86. The first-order valence-electron chi connectivity index (χ1n) is 7.50. The minimum atomic E-state index is -1.02. The van der Waals surface area contributed by atoms with Crippen molar-refractivity contribution in [2.45, 2.75) is 57.9 Å². The van der Waals surface area contributed by atoms with Gasteiger partial charge in [0.25, 0.3) is 0 Å². The molecule has 0 aromatic carbocycles. The molecular weight excluding hydrogens is 254 g/mol. The van der Waals surface area contributed by atoms with Crippen LogP contribution in [0.5, 0.6) is 0 Å². The normalized spacial score (nSPS) is 36.5. The molecule has 3 rings (SSSR count). The SMILES string of the molecule is C=C1C2(C(=O)NC3(C(=O)O)CCC3)CCC(C2)C1(C)C. The van der Waals surface area contributed by atoms with Crippen molar-refractivity contribution in [2.24, 2.45) is 16.7 Å². The number of carboxylic acids is 1. The van der Waals surface area contributed by atoms with E-state index in [9.17, 15) is 14.7 Å². The van der Waals surface area contributed by atoms with Crippen LogP contribution in [-0.4, -0.2) is 22.5 Å². The Hall–Kier alpha value is -1.32. The maximum Gasteiger partial charge on any atom is 0.329 e. The van der Waals surface area contributed by atoms with Crippen molar-refractivity contribution in [3.05, 3.63) is 12.2 Å². The molecule has 20 heavy (non-hydrogen) atoms. The lowest BCUT2D eigenvalue weighted by molar-refractivity contribution is -0.153. The van der Waals surface area contributed by atoms with Gasteiger partial charge in [-0.1, -0.05) is 26.0 Å². The van der Waals surface area contributed by atoms with Gasteiger partial charge in [-0.25, -0.2) is 4.79 Å². The molecule has 3 aliphatic carbocycles. The third-order valence-corrected chi connectivity index (χ3v) is 6.29. The van der Waals surface area contributed by atoms with Crippen LogP contribution in [0.15, 0.2) is 12.2 Å². The van der Waals surface area contributed by atoms with E-state index in [1.807, 2.05) is 0 Å². The molecule has 4 nitrogen and oxygen atoms in total. The first-order chi connectivity index (χ1) is 9.25. The van der Waals surface area contributed by atoms with E-state index in [1.54, 1.807) is 0 Å². The predicted octanol–water partition coefficient (Wildman–Crippen LogP) is 2.49. The number of amides is 1. The third-order valence-electron chi connectivity index (χ3n) is 6.29. The highest BCUT2D eigenvalue weighted by Crippen LogP contribution is 2.65. The Bertz CT molecular complexity index is 504. The standard InChI is InChI=1S/C16H23NO3/c1-10-14(2,3)11-5-8-15(10,9-11)12(18)17-16(13(19)20)6-4-7-16/h11H,1,4-9H2,2-3H3,(H,17,18)(H,19,20). The van der Waals surface area contributed by atoms with Crippen molar-refractivity contribution in [2.75, 3.05) is 0 Å². The van der Waals surface area contributed by atoms with Gasteiger partial charge in [0.15, 0.2) is 0 Å². The highest BCUT2D eigenvalue weighted by Gasteiger charge is 2.62. The molecule has 2 N–H and O–H groups in total. The van der Waals surface area contributed by atoms with E-state index in [-0.39, 0.29) is 11.3 Å². The maximum absolute atomic E-state index is 12.8. The van der Waals surface area contributed by atoms with Crippen LogP contribution in [0.3, 0.4) is 0 Å². The summed E-state index contributed by atoms with van der Waals surface area (Å²) in [7, 11) is 0. The number of hydrogen-bond donors (Lipinski definition) is 2. The Labute approximate surface area is 119 Å². The number of rotatable bonds is 3. The molecule has 0 aromatic rings. The fourth-order valence-corrected chi connectivity index (χ4v) is 4.40. The monoisotopic (exact) mass is 277 g/mol. The molecule has 4 heteroatoms. The molecule has 1 amide bonds. The Morgan fingerprint density at radius 1 is 1.30 bits per heavy atom. The van der Waals surface area contributed by atoms with Gasteiger partial charge in [0.1, 0.15) is 5.54 Å². The van der Waals surface area contributed by atoms with Crippen LogP contribution in [-0.2, 0) is 9.59 Å². The molecule has 0 aromatic heterocycles. The summed E-state index contributed by atoms with van der Waals surface area (Å²) in [5, 5.41) is 12.2. The first kappa shape index (κ1) is 13.7. The molecule has 2 atom stereocenters. The number of carbonyl (C=O) groups excluding carboxylic acids is 1. The van der Waals surface area contributed by atoms with Crippen molar-refractivity contribution >= 4 is 11.9 Å². The van der Waals surface area contributed by atoms with Crippen molar-refractivity contribution in [1.29, 1.82) is 0 Å². The van der Waals surface area contributed by atoms with Gasteiger partial charge in [0, 0.05) is 0 Å². The van der Waals surface area contributed by atoms with E-state index < -0.39 is 16.9 Å². The van der Waals surface area contributed by atoms with Gasteiger partial charge in [-0.3, -0.25) is 4.79 Å². The Kier molecular flexibility index (Phi) is 2.64. The van der Waals surface area contributed by atoms with E-state index >= 15 is 0 Å². The molecule has 0 spiro atoms. The predicted molar refractivity (Wildman–Crippen MR) is 75.1 cm³/mol. The molecule has 2 bridgehead atoms. The van der Waals surface area contributed by atoms with Gasteiger partial charge in [-0.15, -0.1) is 0 Å². The summed E-state index contributed by atoms with van der Waals surface area (Å²) in [5.41, 5.74) is -0.548. The number of nitrogens with one attached hydrogen (secondary N) is 1. The molecular formula is C16H23NO3. The number of carbonyl (C=O) groups is 2. The van der Waals surface area contributed by atoms with E-state index in [1.165, 1.54) is 0 Å². The van der Waals surface area contributed by atoms with Crippen molar-refractivity contribution in [1.82, 2.24) is 5.32 Å². The fourth-order valence-electron chi connectivity index (χ4n) is 4.40. The number of carboxylic acid groups (broad SMARTS) is 1. The topological polar surface area (TPSA) is 66.4 Å². The summed E-state index contributed by atoms with van der Waals surface area (Å²) in [4.78, 5) is 24.2. The highest BCUT2D eigenvalue weighted by atomic mass is 16.4. The first-order valence-corrected chi connectivity index (χ1v) is 7.50. The molecule has 0 radical (unpaired) electrons. The number of hydrogen-bond acceptors (Lipinski definition) is 2. The summed E-state index contributed by atoms with van der Waals surface area (Å²) in [6.07, 6.45) is 4.66. The van der Waals surface area contributed by atoms with Crippen LogP contribution < -0.4 is 5.32 Å². The van der Waals surface area contributed by atoms with Crippen LogP contribution in [0, 0.1) is 16.7 Å². The van der Waals surface area contributed by atoms with Gasteiger partial charge in [0.05, 0.1) is 5.41 Å². The average molecular weight is 277 g/mol. The van der Waals surface area contributed by atoms with E-state index in [4.69, 9.17) is 0 Å². The van der Waals surface area contributed by atoms with E-state index in [2.05, 4.69) is 25.7 Å². The summed E-state index contributed by atoms with van der Waals surface area (Å²) < 4.78 is 0. The third kappa shape index (κ3) is 1.48. The summed E-state index contributed by atoms with van der Waals surface area (Å²) in [6.45, 7) is 8.51. The fraction of sp³-hybridized carbons (Fsp3) is 0.750. The van der Waals surface area contributed by atoms with Gasteiger partial charge in [-0.2, -0.15) is 0 Å². The lowest BCUT2D eigenvalue weighted by Gasteiger charge is -2.42. The van der Waals surface area contributed by atoms with Crippen LogP contribution in [0.1, 0.15) is 52.4 Å². The van der Waals surface area contributed by atoms with Crippen LogP contribution >= 0.6 is 0 Å². The molecule has 3 saturated carbocycles. The second-order valence-corrected chi connectivity index (χ2v) is 7.42. The Balaban J connectivity index is 1.85. The van der Waals surface area contributed by atoms with E-state index in [0.29, 0.717) is 18.8 Å². The smallest absolute Gasteiger partial charge is 0.329 e. The summed E-state index contributed by atoms with van der Waals surface area (Å²) in [6, 6.07) is 0. The molecule has 3 fully saturated rings. The van der Waals surface area contributed by atoms with Crippen LogP contribution in [0.4, 0.5) is 0 Å². The average Bonchev–Trinajstić information content (AvgIpc) is 2.84. The zero-order valence-corrected chi connectivity index (χ0v) is 12.3. The lowest BCUT2D eigenvalue weighted by Crippen LogP contribution is -2.61. The summed E-state index contributed by atoms with van der Waals surface area (Å²) >= 11 is 0. The molecule has 3 aliphatic rings. The van der Waals surface area contributed by atoms with Gasteiger partial charge in [0.2, 0.25) is 5.91 Å². The molecule has 2 unspecified atom stereocenters. The minimum absolute atomic E-state index is 0.00834. The van der Waals surface area contributed by atoms with Crippen molar-refractivity contribution < 1.29 is 14.7 Å². The quantitative estimate of drug-likeness (QED) is 0.779. The zero-order chi connectivity index (χ0) is 14.8. The maximum atomic E-state index is 12.8. The number of aliphatic carboxylic acids is 1. The van der Waals surface area contributed by atoms with Gasteiger partial charge >= 0.3 is 5.97 Å². The summed E-state index contributed by atoms with van der Waals surface area (Å²) in [5.74, 6) is -0.494. The van der Waals surface area contributed by atoms with Crippen molar-refractivity contribution in [3.63, 3.8) is 0 Å². The molecule has 0 aliphatic heterocycles. The van der Waals surface area contributed by atoms with Crippen LogP contribution in [0.2, 0.25) is 0 Å². The Morgan fingerprint density at radius 2 is 1.95 bits per heavy atom. The second-order valence-electron chi connectivity index (χ2n) is 7.42. The van der Waals surface area contributed by atoms with Crippen LogP contribution in [0.25, 0.3) is 0 Å². The minimum Gasteiger partial charge on any atom is -0.480 e. The lowest BCUT2D eigenvalue weighted by atomic mass is 9.67. The number of fused-ring (bicyclic) bond motifs is 2. The van der Waals surface area contributed by atoms with Gasteiger partial charge < -0.3 is 10.4 Å². The Morgan fingerprint density at radius 3 is 2.35 bits per heavy atom. The molecule has 110 valence electrons. The zero-order valence-electron chi connectivity index (χ0n) is 12.3.